The molecule has 0 radical (unpaired) electrons. The van der Waals surface area contributed by atoms with Crippen LogP contribution in [0.1, 0.15) is 24.2 Å². The molecule has 1 amide bonds. The lowest BCUT2D eigenvalue weighted by Crippen LogP contribution is -2.49. The molecule has 11 heteroatoms. The van der Waals surface area contributed by atoms with Crippen molar-refractivity contribution in [1.82, 2.24) is 24.8 Å². The average molecular weight is 544 g/mol. The van der Waals surface area contributed by atoms with Gasteiger partial charge in [-0.15, -0.1) is 11.3 Å². The fraction of sp³-hybridized carbons (Fsp3) is 0.250. The molecule has 0 saturated carbocycles. The van der Waals surface area contributed by atoms with Gasteiger partial charge in [0, 0.05) is 41.3 Å². The molecule has 2 atom stereocenters. The molecule has 1 fully saturated rings. The van der Waals surface area contributed by atoms with Crippen LogP contribution < -0.4 is 16.4 Å². The molecule has 4 heterocycles. The molecule has 200 valence electrons. The number of para-hydroxylation sites is 1. The molecule has 1 aliphatic rings. The number of hydrogen-bond donors (Lipinski definition) is 5. The highest BCUT2D eigenvalue weighted by Gasteiger charge is 2.45. The van der Waals surface area contributed by atoms with E-state index in [1.165, 1.54) is 0 Å². The Balaban J connectivity index is 1.23. The Morgan fingerprint density at radius 2 is 2.00 bits per heavy atom. The molecular weight excluding hydrogens is 514 g/mol. The van der Waals surface area contributed by atoms with Crippen LogP contribution in [0, 0.1) is 0 Å². The van der Waals surface area contributed by atoms with E-state index in [9.17, 15) is 15.0 Å². The number of nitrogens with two attached hydrogens (primary N) is 1. The summed E-state index contributed by atoms with van der Waals surface area (Å²) in [6.45, 7) is 4.73. The highest BCUT2D eigenvalue weighted by atomic mass is 32.1. The highest BCUT2D eigenvalue weighted by Crippen LogP contribution is 2.35. The van der Waals surface area contributed by atoms with E-state index in [1.54, 1.807) is 28.5 Å². The Bertz CT molecular complexity index is 1700. The lowest BCUT2D eigenvalue weighted by atomic mass is 10.0. The molecule has 1 aliphatic heterocycles. The summed E-state index contributed by atoms with van der Waals surface area (Å²) in [4.78, 5) is 23.9. The van der Waals surface area contributed by atoms with Gasteiger partial charge in [-0.05, 0) is 61.7 Å². The monoisotopic (exact) mass is 543 g/mol. The molecule has 1 saturated heterocycles. The largest absolute Gasteiger partial charge is 0.377 e. The molecule has 3 aromatic heterocycles. The fourth-order valence-corrected chi connectivity index (χ4v) is 6.11. The van der Waals surface area contributed by atoms with Gasteiger partial charge in [-0.3, -0.25) is 15.0 Å². The number of primary amides is 1. The van der Waals surface area contributed by atoms with Gasteiger partial charge in [0.1, 0.15) is 6.23 Å². The van der Waals surface area contributed by atoms with Crippen molar-refractivity contribution in [2.45, 2.75) is 32.0 Å². The van der Waals surface area contributed by atoms with Crippen LogP contribution in [-0.4, -0.2) is 66.8 Å². The van der Waals surface area contributed by atoms with E-state index in [-0.39, 0.29) is 0 Å². The second-order valence-corrected chi connectivity index (χ2v) is 11.2. The number of fused-ring (bicyclic) bond motifs is 2. The van der Waals surface area contributed by atoms with Crippen LogP contribution in [0.2, 0.25) is 0 Å². The van der Waals surface area contributed by atoms with Crippen LogP contribution in [-0.2, 0) is 0 Å². The van der Waals surface area contributed by atoms with E-state index in [4.69, 9.17) is 10.7 Å². The first-order chi connectivity index (χ1) is 18.7. The zero-order valence-electron chi connectivity index (χ0n) is 21.5. The predicted octanol–water partition coefficient (Wildman–Crippen LogP) is 3.09. The number of amides is 1. The summed E-state index contributed by atoms with van der Waals surface area (Å²) in [6, 6.07) is 17.7. The van der Waals surface area contributed by atoms with E-state index in [2.05, 4.69) is 33.8 Å². The van der Waals surface area contributed by atoms with Gasteiger partial charge in [-0.1, -0.05) is 12.1 Å². The number of nitrogens with one attached hydrogen (secondary N) is 2. The maximum Gasteiger partial charge on any atom is 0.250 e. The summed E-state index contributed by atoms with van der Waals surface area (Å²) in [5.74, 6) is 0.0330. The number of aliphatic hydroxyl groups is 2. The molecule has 6 rings (SSSR count). The first-order valence-electron chi connectivity index (χ1n) is 12.6. The van der Waals surface area contributed by atoms with Crippen molar-refractivity contribution in [2.75, 3.05) is 18.4 Å². The van der Waals surface area contributed by atoms with Gasteiger partial charge in [-0.25, -0.2) is 9.97 Å². The van der Waals surface area contributed by atoms with Crippen LogP contribution in [0.4, 0.5) is 5.95 Å². The lowest BCUT2D eigenvalue weighted by Gasteiger charge is -2.33. The normalized spacial score (nSPS) is 19.2. The number of thiophene rings is 1. The smallest absolute Gasteiger partial charge is 0.250 e. The van der Waals surface area contributed by atoms with Crippen molar-refractivity contribution in [3.63, 3.8) is 0 Å². The van der Waals surface area contributed by atoms with Crippen LogP contribution in [0.15, 0.2) is 67.0 Å². The van der Waals surface area contributed by atoms with Crippen molar-refractivity contribution in [1.29, 1.82) is 0 Å². The third-order valence-electron chi connectivity index (χ3n) is 7.31. The van der Waals surface area contributed by atoms with Crippen molar-refractivity contribution < 1.29 is 15.0 Å². The van der Waals surface area contributed by atoms with E-state index in [0.29, 0.717) is 24.6 Å². The zero-order valence-corrected chi connectivity index (χ0v) is 22.3. The average Bonchev–Trinajstić information content (AvgIpc) is 3.59. The van der Waals surface area contributed by atoms with Gasteiger partial charge in [0.05, 0.1) is 27.2 Å². The molecule has 5 aromatic rings. The first kappa shape index (κ1) is 25.4. The minimum absolute atomic E-state index is 0.456. The van der Waals surface area contributed by atoms with E-state index in [1.807, 2.05) is 54.9 Å². The number of aromatic nitrogens is 3. The number of carbonyl (C=O) groups excluding carboxylic acids is 1. The van der Waals surface area contributed by atoms with Gasteiger partial charge in [0.25, 0.3) is 5.91 Å². The minimum Gasteiger partial charge on any atom is -0.377 e. The second kappa shape index (κ2) is 9.70. The Morgan fingerprint density at radius 3 is 2.77 bits per heavy atom. The van der Waals surface area contributed by atoms with Gasteiger partial charge in [0.15, 0.2) is 6.35 Å². The molecular formula is C28H29N7O3S. The number of hydrogen-bond acceptors (Lipinski definition) is 9. The molecule has 10 nitrogen and oxygen atoms in total. The maximum atomic E-state index is 12.1. The van der Waals surface area contributed by atoms with Crippen LogP contribution in [0.25, 0.3) is 37.2 Å². The number of rotatable bonds is 7. The van der Waals surface area contributed by atoms with E-state index < -0.39 is 24.0 Å². The number of anilines is 1. The summed E-state index contributed by atoms with van der Waals surface area (Å²) in [5.41, 5.74) is 8.06. The number of carbonyl (C=O) groups is 1. The third kappa shape index (κ3) is 4.54. The minimum atomic E-state index is -0.917. The van der Waals surface area contributed by atoms with Crippen LogP contribution in [0.3, 0.4) is 0 Å². The maximum absolute atomic E-state index is 12.1. The number of aliphatic hydroxyl groups excluding tert-OH is 2. The summed E-state index contributed by atoms with van der Waals surface area (Å²) in [7, 11) is 0. The van der Waals surface area contributed by atoms with Crippen LogP contribution in [0.5, 0.6) is 0 Å². The summed E-state index contributed by atoms with van der Waals surface area (Å²) in [5, 5.41) is 28.3. The van der Waals surface area contributed by atoms with Gasteiger partial charge < -0.3 is 25.8 Å². The Kier molecular flexibility index (Phi) is 6.32. The Labute approximate surface area is 228 Å². The van der Waals surface area contributed by atoms with Crippen molar-refractivity contribution >= 4 is 44.2 Å². The quantitative estimate of drug-likeness (QED) is 0.211. The Hall–Kier alpha value is -3.87. The van der Waals surface area contributed by atoms with Crippen molar-refractivity contribution in [3.8, 4) is 16.3 Å². The third-order valence-corrected chi connectivity index (χ3v) is 8.45. The SMILES string of the molecule is CC1(C)C(O)NC(O)N1CCNc1nccc(-c2cc3cc(-n4ccc5cccc(C(N)=O)c54)ccc3s2)n1. The van der Waals surface area contributed by atoms with Gasteiger partial charge in [0.2, 0.25) is 5.95 Å². The first-order valence-corrected chi connectivity index (χ1v) is 13.4. The molecule has 2 aromatic carbocycles. The topological polar surface area (TPSA) is 142 Å². The molecule has 2 unspecified atom stereocenters. The van der Waals surface area contributed by atoms with Crippen molar-refractivity contribution in [2.24, 2.45) is 5.73 Å². The van der Waals surface area contributed by atoms with E-state index in [0.717, 1.165) is 37.2 Å². The molecule has 0 bridgehead atoms. The lowest BCUT2D eigenvalue weighted by molar-refractivity contribution is -0.0191. The number of benzene rings is 2. The molecule has 39 heavy (non-hydrogen) atoms. The number of nitrogens with zero attached hydrogens (tertiary/aromatic N) is 4. The second-order valence-electron chi connectivity index (χ2n) is 10.1. The summed E-state index contributed by atoms with van der Waals surface area (Å²) < 4.78 is 3.11. The standard InChI is InChI=1S/C28H29N7O3S/c1-28(2)25(37)33-27(38)35(28)13-11-31-26-30-10-8-20(32-26)22-15-17-14-18(6-7-21(17)39-22)34-12-9-16-4-3-5-19(23(16)34)24(29)36/h3-10,12,14-15,25,27,33,37-38H,11,13H2,1-2H3,(H2,29,36)(H,30,31,32). The molecule has 0 spiro atoms. The molecule has 0 aliphatic carbocycles. The van der Waals surface area contributed by atoms with Gasteiger partial charge >= 0.3 is 0 Å². The summed E-state index contributed by atoms with van der Waals surface area (Å²) >= 11 is 1.64. The zero-order chi connectivity index (χ0) is 27.3. The molecule has 6 N–H and O–H groups in total. The van der Waals surface area contributed by atoms with Crippen molar-refractivity contribution in [3.05, 3.63) is 72.6 Å². The fourth-order valence-electron chi connectivity index (χ4n) is 5.10. The Morgan fingerprint density at radius 1 is 1.15 bits per heavy atom. The highest BCUT2D eigenvalue weighted by molar-refractivity contribution is 7.22. The predicted molar refractivity (Wildman–Crippen MR) is 153 cm³/mol. The summed E-state index contributed by atoms with van der Waals surface area (Å²) in [6.07, 6.45) is 1.94. The van der Waals surface area contributed by atoms with Gasteiger partial charge in [-0.2, -0.15) is 0 Å². The van der Waals surface area contributed by atoms with E-state index >= 15 is 0 Å². The van der Waals surface area contributed by atoms with Crippen LogP contribution >= 0.6 is 11.3 Å².